The van der Waals surface area contributed by atoms with E-state index in [0.29, 0.717) is 19.3 Å². The minimum atomic E-state index is -4.46. The van der Waals surface area contributed by atoms with Crippen LogP contribution in [-0.2, 0) is 16.0 Å². The second-order valence-corrected chi connectivity index (χ2v) is 7.36. The number of nitrogens with one attached hydrogen (secondary N) is 1. The number of rotatable bonds is 3. The van der Waals surface area contributed by atoms with Crippen LogP contribution in [0, 0.1) is 0 Å². The highest BCUT2D eigenvalue weighted by Gasteiger charge is 2.37. The van der Waals surface area contributed by atoms with Gasteiger partial charge in [-0.05, 0) is 31.4 Å². The molecule has 1 fully saturated rings. The minimum absolute atomic E-state index is 0.0550. The van der Waals surface area contributed by atoms with Crippen LogP contribution in [-0.4, -0.2) is 26.0 Å². The summed E-state index contributed by atoms with van der Waals surface area (Å²) in [5, 5.41) is 2.15. The van der Waals surface area contributed by atoms with Gasteiger partial charge in [-0.3, -0.25) is 0 Å². The molecule has 1 aliphatic rings. The second kappa shape index (κ2) is 5.27. The van der Waals surface area contributed by atoms with E-state index in [1.54, 1.807) is 0 Å². The van der Waals surface area contributed by atoms with Crippen LogP contribution in [0.1, 0.15) is 24.8 Å². The molecule has 2 rings (SSSR count). The highest BCUT2D eigenvalue weighted by molar-refractivity contribution is 7.91. The molecule has 1 aliphatic carbocycles. The van der Waals surface area contributed by atoms with Crippen molar-refractivity contribution in [2.45, 2.75) is 36.7 Å². The Morgan fingerprint density at radius 3 is 2.45 bits per heavy atom. The van der Waals surface area contributed by atoms with E-state index in [2.05, 4.69) is 5.32 Å². The Morgan fingerprint density at radius 1 is 1.20 bits per heavy atom. The maximum atomic E-state index is 12.9. The van der Waals surface area contributed by atoms with E-state index >= 15 is 0 Å². The molecule has 0 aliphatic heterocycles. The smallest absolute Gasteiger partial charge is 0.381 e. The van der Waals surface area contributed by atoms with Crippen LogP contribution in [0.15, 0.2) is 24.3 Å². The van der Waals surface area contributed by atoms with Crippen molar-refractivity contribution in [1.29, 1.82) is 0 Å². The first-order valence-corrected chi connectivity index (χ1v) is 8.26. The fourth-order valence-electron chi connectivity index (χ4n) is 2.66. The summed E-state index contributed by atoms with van der Waals surface area (Å²) in [5.74, 6) is 0. The second-order valence-electron chi connectivity index (χ2n) is 5.09. The summed E-state index contributed by atoms with van der Waals surface area (Å²) < 4.78 is 62.0. The SMILES string of the molecule is CS(=O)(=O)C1CCCC1Nc1ccccc1C(F)(F)F. The summed E-state index contributed by atoms with van der Waals surface area (Å²) in [6.07, 6.45) is -1.58. The first kappa shape index (κ1) is 15.2. The fourth-order valence-corrected chi connectivity index (χ4v) is 4.06. The molecule has 20 heavy (non-hydrogen) atoms. The van der Waals surface area contributed by atoms with E-state index < -0.39 is 32.9 Å². The molecule has 112 valence electrons. The molecule has 0 amide bonds. The highest BCUT2D eigenvalue weighted by Crippen LogP contribution is 2.36. The molecule has 0 aromatic heterocycles. The first-order valence-electron chi connectivity index (χ1n) is 6.31. The van der Waals surface area contributed by atoms with E-state index in [1.165, 1.54) is 18.2 Å². The number of para-hydroxylation sites is 1. The summed E-state index contributed by atoms with van der Waals surface area (Å²) in [7, 11) is -3.26. The third-order valence-electron chi connectivity index (χ3n) is 3.58. The van der Waals surface area contributed by atoms with Crippen molar-refractivity contribution >= 4 is 15.5 Å². The Bertz CT molecular complexity index is 584. The molecule has 0 bridgehead atoms. The molecular formula is C13H16F3NO2S. The van der Waals surface area contributed by atoms with Gasteiger partial charge in [0, 0.05) is 18.0 Å². The van der Waals surface area contributed by atoms with Crippen molar-refractivity contribution in [3.8, 4) is 0 Å². The Balaban J connectivity index is 2.27. The Labute approximate surface area is 116 Å². The monoisotopic (exact) mass is 307 g/mol. The standard InChI is InChI=1S/C13H16F3NO2S/c1-20(18,19)12-8-4-7-11(12)17-10-6-3-2-5-9(10)13(14,15)16/h2-3,5-6,11-12,17H,4,7-8H2,1H3. The quantitative estimate of drug-likeness (QED) is 0.933. The van der Waals surface area contributed by atoms with E-state index in [9.17, 15) is 21.6 Å². The molecule has 0 spiro atoms. The lowest BCUT2D eigenvalue weighted by atomic mass is 10.1. The number of sulfone groups is 1. The van der Waals surface area contributed by atoms with Crippen molar-refractivity contribution in [1.82, 2.24) is 0 Å². The lowest BCUT2D eigenvalue weighted by molar-refractivity contribution is -0.137. The topological polar surface area (TPSA) is 46.2 Å². The number of hydrogen-bond acceptors (Lipinski definition) is 3. The van der Waals surface area contributed by atoms with Crippen molar-refractivity contribution in [2.24, 2.45) is 0 Å². The molecule has 0 radical (unpaired) electrons. The number of anilines is 1. The van der Waals surface area contributed by atoms with Gasteiger partial charge < -0.3 is 5.32 Å². The number of hydrogen-bond donors (Lipinski definition) is 1. The van der Waals surface area contributed by atoms with E-state index in [1.807, 2.05) is 0 Å². The lowest BCUT2D eigenvalue weighted by Gasteiger charge is -2.23. The molecule has 3 nitrogen and oxygen atoms in total. The maximum Gasteiger partial charge on any atom is 0.418 e. The molecule has 1 saturated carbocycles. The number of halogens is 3. The Kier molecular flexibility index (Phi) is 4.00. The van der Waals surface area contributed by atoms with Gasteiger partial charge in [0.1, 0.15) is 0 Å². The zero-order valence-corrected chi connectivity index (χ0v) is 11.8. The zero-order valence-electron chi connectivity index (χ0n) is 10.9. The van der Waals surface area contributed by atoms with E-state index in [0.717, 1.165) is 12.3 Å². The highest BCUT2D eigenvalue weighted by atomic mass is 32.2. The van der Waals surface area contributed by atoms with Crippen LogP contribution < -0.4 is 5.32 Å². The van der Waals surface area contributed by atoms with Crippen LogP contribution in [0.2, 0.25) is 0 Å². The molecule has 7 heteroatoms. The molecule has 0 heterocycles. The minimum Gasteiger partial charge on any atom is -0.381 e. The number of benzene rings is 1. The summed E-state index contributed by atoms with van der Waals surface area (Å²) in [6.45, 7) is 0. The van der Waals surface area contributed by atoms with Crippen molar-refractivity contribution in [3.05, 3.63) is 29.8 Å². The number of alkyl halides is 3. The van der Waals surface area contributed by atoms with Gasteiger partial charge in [0.05, 0.1) is 10.8 Å². The average molecular weight is 307 g/mol. The van der Waals surface area contributed by atoms with Gasteiger partial charge in [-0.2, -0.15) is 13.2 Å². The molecule has 0 saturated heterocycles. The van der Waals surface area contributed by atoms with E-state index in [4.69, 9.17) is 0 Å². The van der Waals surface area contributed by atoms with Crippen LogP contribution in [0.4, 0.5) is 18.9 Å². The van der Waals surface area contributed by atoms with Gasteiger partial charge in [-0.1, -0.05) is 12.1 Å². The van der Waals surface area contributed by atoms with Crippen LogP contribution >= 0.6 is 0 Å². The molecule has 1 aromatic rings. The van der Waals surface area contributed by atoms with Gasteiger partial charge >= 0.3 is 6.18 Å². The molecule has 1 N–H and O–H groups in total. The Morgan fingerprint density at radius 2 is 1.85 bits per heavy atom. The van der Waals surface area contributed by atoms with Crippen molar-refractivity contribution in [3.63, 3.8) is 0 Å². The largest absolute Gasteiger partial charge is 0.418 e. The van der Waals surface area contributed by atoms with Gasteiger partial charge in [-0.15, -0.1) is 0 Å². The van der Waals surface area contributed by atoms with Gasteiger partial charge in [0.15, 0.2) is 9.84 Å². The summed E-state index contributed by atoms with van der Waals surface area (Å²) >= 11 is 0. The van der Waals surface area contributed by atoms with E-state index in [-0.39, 0.29) is 5.69 Å². The van der Waals surface area contributed by atoms with Crippen LogP contribution in [0.25, 0.3) is 0 Å². The van der Waals surface area contributed by atoms with Crippen LogP contribution in [0.3, 0.4) is 0 Å². The summed E-state index contributed by atoms with van der Waals surface area (Å²) in [4.78, 5) is 0. The third-order valence-corrected chi connectivity index (χ3v) is 5.24. The Hall–Kier alpha value is -1.24. The zero-order chi connectivity index (χ0) is 15.0. The maximum absolute atomic E-state index is 12.9. The fraction of sp³-hybridized carbons (Fsp3) is 0.538. The molecule has 1 aromatic carbocycles. The van der Waals surface area contributed by atoms with Gasteiger partial charge in [0.25, 0.3) is 0 Å². The van der Waals surface area contributed by atoms with Crippen molar-refractivity contribution < 1.29 is 21.6 Å². The predicted octanol–water partition coefficient (Wildman–Crippen LogP) is 3.08. The van der Waals surface area contributed by atoms with Crippen molar-refractivity contribution in [2.75, 3.05) is 11.6 Å². The summed E-state index contributed by atoms with van der Waals surface area (Å²) in [6, 6.07) is 4.68. The first-order chi connectivity index (χ1) is 9.19. The van der Waals surface area contributed by atoms with Gasteiger partial charge in [-0.25, -0.2) is 8.42 Å². The lowest BCUT2D eigenvalue weighted by Crippen LogP contribution is -2.35. The molecular weight excluding hydrogens is 291 g/mol. The summed E-state index contributed by atoms with van der Waals surface area (Å²) in [5.41, 5.74) is -0.820. The molecule has 2 unspecified atom stereocenters. The normalized spacial score (nSPS) is 23.8. The molecule has 2 atom stereocenters. The van der Waals surface area contributed by atoms with Crippen LogP contribution in [0.5, 0.6) is 0 Å². The predicted molar refractivity (Wildman–Crippen MR) is 71.3 cm³/mol. The van der Waals surface area contributed by atoms with Gasteiger partial charge in [0.2, 0.25) is 0 Å². The third kappa shape index (κ3) is 3.26. The average Bonchev–Trinajstić information content (AvgIpc) is 2.76.